The van der Waals surface area contributed by atoms with Gasteiger partial charge in [0.05, 0.1) is 10.7 Å². The molecule has 0 radical (unpaired) electrons. The molecule has 3 nitrogen and oxygen atoms in total. The molecule has 0 aliphatic heterocycles. The number of hydrogen-bond acceptors (Lipinski definition) is 5. The summed E-state index contributed by atoms with van der Waals surface area (Å²) in [4.78, 5) is 12.4. The van der Waals surface area contributed by atoms with Gasteiger partial charge in [-0.15, -0.1) is 0 Å². The number of amides is 1. The number of hydrogen-bond donors (Lipinski definition) is 5. The van der Waals surface area contributed by atoms with Gasteiger partial charge in [0.25, 0.3) is 0 Å². The van der Waals surface area contributed by atoms with Crippen molar-refractivity contribution in [3.05, 3.63) is 0 Å². The molecule has 0 heterocycles. The second-order valence-corrected chi connectivity index (χ2v) is 5.47. The molecule has 8 heteroatoms. The van der Waals surface area contributed by atoms with Crippen LogP contribution < -0.4 is 0 Å². The van der Waals surface area contributed by atoms with Crippen molar-refractivity contribution < 1.29 is 26.4 Å². The van der Waals surface area contributed by atoms with Crippen LogP contribution in [0.4, 0.5) is 4.79 Å². The van der Waals surface area contributed by atoms with Crippen molar-refractivity contribution in [2.24, 2.45) is 0 Å². The average molecular weight is 360 g/mol. The largest absolute Gasteiger partial charge is 0.465 e. The van der Waals surface area contributed by atoms with Crippen molar-refractivity contribution in [2.75, 3.05) is 11.5 Å². The topological polar surface area (TPSA) is 40.5 Å². The monoisotopic (exact) mass is 359 g/mol. The molecule has 0 saturated carbocycles. The van der Waals surface area contributed by atoms with Crippen LogP contribution in [0, 0.1) is 0 Å². The van der Waals surface area contributed by atoms with E-state index in [9.17, 15) is 4.79 Å². The van der Waals surface area contributed by atoms with Crippen LogP contribution in [0.2, 0.25) is 0 Å². The fourth-order valence-corrected chi connectivity index (χ4v) is 2.63. The van der Waals surface area contributed by atoms with E-state index in [1.807, 2.05) is 0 Å². The van der Waals surface area contributed by atoms with Gasteiger partial charge in [0.15, 0.2) is 0 Å². The number of nitrogens with zero attached hydrogens (tertiary/aromatic N) is 1. The Balaban J connectivity index is 0. The molecule has 0 aromatic heterocycles. The molecule has 0 aliphatic carbocycles. The van der Waals surface area contributed by atoms with Crippen molar-refractivity contribution in [1.29, 1.82) is 0 Å². The standard InChI is InChI=1S/C9H19NO2S4.Ni/c11-9(12)10(7(15)3-1-5-13)8(16)4-2-6-14;/h7-8,13-16H,1-6H2,(H,11,12);. The molecule has 0 aliphatic rings. The van der Waals surface area contributed by atoms with Gasteiger partial charge in [0, 0.05) is 16.5 Å². The third-order valence-corrected chi connectivity index (χ3v) is 3.75. The molecule has 0 aromatic rings. The van der Waals surface area contributed by atoms with E-state index in [-0.39, 0.29) is 27.2 Å². The van der Waals surface area contributed by atoms with Crippen molar-refractivity contribution in [3.8, 4) is 0 Å². The summed E-state index contributed by atoms with van der Waals surface area (Å²) in [5, 5.41) is 8.48. The summed E-state index contributed by atoms with van der Waals surface area (Å²) in [6, 6.07) is 0. The number of carboxylic acid groups (broad SMARTS) is 1. The van der Waals surface area contributed by atoms with Crippen LogP contribution in [-0.4, -0.2) is 38.4 Å². The summed E-state index contributed by atoms with van der Waals surface area (Å²) in [5.74, 6) is 1.47. The first-order valence-electron chi connectivity index (χ1n) is 5.13. The van der Waals surface area contributed by atoms with E-state index < -0.39 is 6.09 Å². The van der Waals surface area contributed by atoms with Gasteiger partial charge in [0.2, 0.25) is 0 Å². The van der Waals surface area contributed by atoms with Gasteiger partial charge < -0.3 is 5.11 Å². The zero-order valence-electron chi connectivity index (χ0n) is 9.31. The molecule has 0 spiro atoms. The predicted octanol–water partition coefficient (Wildman–Crippen LogP) is 2.90. The SMILES string of the molecule is O=C(O)N(C(S)CCCS)C(S)CCCS.[Ni]. The molecule has 17 heavy (non-hydrogen) atoms. The van der Waals surface area contributed by atoms with Crippen LogP contribution in [0.15, 0.2) is 0 Å². The number of thiol groups is 4. The van der Waals surface area contributed by atoms with E-state index in [4.69, 9.17) is 5.11 Å². The summed E-state index contributed by atoms with van der Waals surface area (Å²) >= 11 is 16.8. The van der Waals surface area contributed by atoms with Gasteiger partial charge in [-0.3, -0.25) is 4.90 Å². The fourth-order valence-electron chi connectivity index (χ4n) is 1.28. The maximum Gasteiger partial charge on any atom is 0.409 e. The first-order valence-corrected chi connectivity index (χ1v) is 7.43. The first-order chi connectivity index (χ1) is 7.54. The molecule has 106 valence electrons. The average Bonchev–Trinajstić information content (AvgIpc) is 2.23. The Kier molecular flexibility index (Phi) is 14.7. The van der Waals surface area contributed by atoms with Gasteiger partial charge in [-0.1, -0.05) is 0 Å². The van der Waals surface area contributed by atoms with Gasteiger partial charge in [-0.25, -0.2) is 4.79 Å². The second kappa shape index (κ2) is 12.2. The Morgan fingerprint density at radius 2 is 1.41 bits per heavy atom. The Hall–Kier alpha value is 1.16. The molecule has 2 unspecified atom stereocenters. The minimum atomic E-state index is -0.974. The maximum atomic E-state index is 11.1. The Morgan fingerprint density at radius 3 is 1.65 bits per heavy atom. The van der Waals surface area contributed by atoms with E-state index in [1.165, 1.54) is 4.90 Å². The van der Waals surface area contributed by atoms with Crippen LogP contribution >= 0.6 is 50.5 Å². The Bertz CT molecular complexity index is 197. The van der Waals surface area contributed by atoms with Crippen molar-refractivity contribution in [2.45, 2.75) is 36.4 Å². The molecule has 2 atom stereocenters. The van der Waals surface area contributed by atoms with Gasteiger partial charge in [-0.2, -0.15) is 50.5 Å². The van der Waals surface area contributed by atoms with E-state index >= 15 is 0 Å². The van der Waals surface area contributed by atoms with Gasteiger partial charge in [0.1, 0.15) is 0 Å². The predicted molar refractivity (Wildman–Crippen MR) is 81.6 cm³/mol. The first kappa shape index (κ1) is 20.5. The molecule has 0 bridgehead atoms. The Morgan fingerprint density at radius 1 is 1.06 bits per heavy atom. The van der Waals surface area contributed by atoms with Gasteiger partial charge in [-0.05, 0) is 37.2 Å². The van der Waals surface area contributed by atoms with Crippen LogP contribution in [0.5, 0.6) is 0 Å². The molecular formula is C9H19NNiO2S4. The molecule has 0 fully saturated rings. The van der Waals surface area contributed by atoms with Crippen LogP contribution in [-0.2, 0) is 16.5 Å². The molecule has 0 rings (SSSR count). The smallest absolute Gasteiger partial charge is 0.409 e. The molecular weight excluding hydrogens is 341 g/mol. The Labute approximate surface area is 135 Å². The van der Waals surface area contributed by atoms with Crippen LogP contribution in [0.1, 0.15) is 25.7 Å². The molecule has 0 saturated heterocycles. The second-order valence-electron chi connectivity index (χ2n) is 3.38. The summed E-state index contributed by atoms with van der Waals surface area (Å²) in [6.45, 7) is 0. The summed E-state index contributed by atoms with van der Waals surface area (Å²) in [5.41, 5.74) is 0. The zero-order valence-corrected chi connectivity index (χ0v) is 13.9. The summed E-state index contributed by atoms with van der Waals surface area (Å²) < 4.78 is 0. The summed E-state index contributed by atoms with van der Waals surface area (Å²) in [7, 11) is 0. The van der Waals surface area contributed by atoms with E-state index in [0.717, 1.165) is 24.3 Å². The van der Waals surface area contributed by atoms with Gasteiger partial charge >= 0.3 is 6.09 Å². The number of rotatable bonds is 8. The van der Waals surface area contributed by atoms with Crippen LogP contribution in [0.25, 0.3) is 0 Å². The summed E-state index contributed by atoms with van der Waals surface area (Å²) in [6.07, 6.45) is 2.09. The van der Waals surface area contributed by atoms with Crippen LogP contribution in [0.3, 0.4) is 0 Å². The van der Waals surface area contributed by atoms with Crippen molar-refractivity contribution in [1.82, 2.24) is 4.90 Å². The molecule has 0 aromatic carbocycles. The zero-order chi connectivity index (χ0) is 12.6. The van der Waals surface area contributed by atoms with E-state index in [1.54, 1.807) is 0 Å². The van der Waals surface area contributed by atoms with E-state index in [2.05, 4.69) is 50.5 Å². The number of carbonyl (C=O) groups is 1. The maximum absolute atomic E-state index is 11.1. The van der Waals surface area contributed by atoms with Crippen molar-refractivity contribution in [3.63, 3.8) is 0 Å². The molecule has 1 amide bonds. The third kappa shape index (κ3) is 8.81. The normalized spacial score (nSPS) is 13.6. The van der Waals surface area contributed by atoms with Crippen molar-refractivity contribution >= 4 is 56.6 Å². The molecule has 1 N–H and O–H groups in total. The minimum absolute atomic E-state index is 0. The third-order valence-electron chi connectivity index (χ3n) is 2.10. The quantitative estimate of drug-likeness (QED) is 0.263. The minimum Gasteiger partial charge on any atom is -0.465 e. The fraction of sp³-hybridized carbons (Fsp3) is 0.889. The van der Waals surface area contributed by atoms with E-state index in [0.29, 0.717) is 12.8 Å².